The average molecular weight is 491 g/mol. The smallest absolute Gasteiger partial charge is 0.417 e. The molecule has 0 fully saturated rings. The lowest BCUT2D eigenvalue weighted by molar-refractivity contribution is -0.137. The monoisotopic (exact) mass is 490 g/mol. The van der Waals surface area contributed by atoms with E-state index in [1.54, 1.807) is 18.2 Å². The van der Waals surface area contributed by atoms with Gasteiger partial charge in [-0.15, -0.1) is 0 Å². The second-order valence-electron chi connectivity index (χ2n) is 7.03. The lowest BCUT2D eigenvalue weighted by atomic mass is 10.2. The van der Waals surface area contributed by atoms with Crippen LogP contribution in [0.1, 0.15) is 21.6 Å². The Kier molecular flexibility index (Phi) is 6.51. The van der Waals surface area contributed by atoms with Crippen LogP contribution in [-0.2, 0) is 12.7 Å². The zero-order chi connectivity index (χ0) is 24.3. The first kappa shape index (κ1) is 23.2. The Morgan fingerprint density at radius 3 is 2.47 bits per heavy atom. The first-order valence-electron chi connectivity index (χ1n) is 9.78. The Balaban J connectivity index is 1.42. The molecule has 6 nitrogen and oxygen atoms in total. The number of amides is 1. The fourth-order valence-electron chi connectivity index (χ4n) is 2.99. The number of rotatable bonds is 6. The molecule has 4 aromatic rings. The summed E-state index contributed by atoms with van der Waals surface area (Å²) in [5.41, 5.74) is -0.180. The van der Waals surface area contributed by atoms with Crippen molar-refractivity contribution in [3.63, 3.8) is 0 Å². The predicted octanol–water partition coefficient (Wildman–Crippen LogP) is 5.80. The van der Waals surface area contributed by atoms with Crippen LogP contribution in [0.3, 0.4) is 0 Å². The minimum Gasteiger partial charge on any atom is -0.439 e. The largest absolute Gasteiger partial charge is 0.439 e. The van der Waals surface area contributed by atoms with E-state index in [-0.39, 0.29) is 28.9 Å². The van der Waals surface area contributed by atoms with Gasteiger partial charge in [-0.2, -0.15) is 13.2 Å². The van der Waals surface area contributed by atoms with Gasteiger partial charge in [0.25, 0.3) is 5.91 Å². The molecule has 1 N–H and O–H groups in total. The van der Waals surface area contributed by atoms with E-state index in [0.29, 0.717) is 23.4 Å². The molecule has 0 aliphatic heterocycles. The number of carbonyl (C=O) groups is 1. The standard InChI is InChI=1S/C23H15ClF4N4O2/c24-18-10-15(23(26,27)28)13-30-21(18)32-9-1-2-19(32)22(33)31-12-14-3-8-20(29-11-14)34-17-6-4-16(25)5-7-17/h1-11,13H,12H2,(H,31,33). The third-order valence-corrected chi connectivity index (χ3v) is 4.92. The minimum absolute atomic E-state index is 0.00576. The van der Waals surface area contributed by atoms with Crippen molar-refractivity contribution in [1.82, 2.24) is 19.9 Å². The van der Waals surface area contributed by atoms with Gasteiger partial charge in [-0.25, -0.2) is 14.4 Å². The van der Waals surface area contributed by atoms with Gasteiger partial charge in [0.15, 0.2) is 5.82 Å². The molecular weight excluding hydrogens is 476 g/mol. The molecule has 0 aliphatic carbocycles. The van der Waals surface area contributed by atoms with Crippen molar-refractivity contribution < 1.29 is 27.1 Å². The summed E-state index contributed by atoms with van der Waals surface area (Å²) >= 11 is 6.00. The van der Waals surface area contributed by atoms with Gasteiger partial charge in [-0.3, -0.25) is 9.36 Å². The van der Waals surface area contributed by atoms with E-state index in [2.05, 4.69) is 15.3 Å². The molecule has 0 atom stereocenters. The van der Waals surface area contributed by atoms with Crippen LogP contribution < -0.4 is 10.1 Å². The Labute approximate surface area is 195 Å². The van der Waals surface area contributed by atoms with Crippen molar-refractivity contribution in [3.05, 3.63) is 101 Å². The summed E-state index contributed by atoms with van der Waals surface area (Å²) in [6, 6.07) is 12.6. The van der Waals surface area contributed by atoms with Crippen LogP contribution in [0.2, 0.25) is 5.02 Å². The molecule has 0 unspecified atom stereocenters. The Bertz CT molecular complexity index is 1310. The van der Waals surface area contributed by atoms with Gasteiger partial charge in [0.05, 0.1) is 10.6 Å². The van der Waals surface area contributed by atoms with E-state index in [1.807, 2.05) is 0 Å². The van der Waals surface area contributed by atoms with Gasteiger partial charge < -0.3 is 10.1 Å². The fraction of sp³-hybridized carbons (Fsp3) is 0.0870. The van der Waals surface area contributed by atoms with Crippen LogP contribution in [0.15, 0.2) is 73.2 Å². The maximum atomic E-state index is 13.0. The second-order valence-corrected chi connectivity index (χ2v) is 7.44. The van der Waals surface area contributed by atoms with Gasteiger partial charge in [-0.1, -0.05) is 17.7 Å². The molecule has 3 heterocycles. The van der Waals surface area contributed by atoms with Crippen LogP contribution >= 0.6 is 11.6 Å². The first-order chi connectivity index (χ1) is 16.2. The molecule has 0 spiro atoms. The summed E-state index contributed by atoms with van der Waals surface area (Å²) in [5, 5.41) is 2.46. The summed E-state index contributed by atoms with van der Waals surface area (Å²) < 4.78 is 58.4. The number of halogens is 5. The summed E-state index contributed by atoms with van der Waals surface area (Å²) in [6.45, 7) is 0.127. The molecule has 34 heavy (non-hydrogen) atoms. The third kappa shape index (κ3) is 5.34. The van der Waals surface area contributed by atoms with Gasteiger partial charge in [-0.05, 0) is 48.0 Å². The normalized spacial score (nSPS) is 11.3. The molecule has 4 rings (SSSR count). The third-order valence-electron chi connectivity index (χ3n) is 4.65. The molecule has 0 bridgehead atoms. The number of pyridine rings is 2. The first-order valence-corrected chi connectivity index (χ1v) is 10.2. The van der Waals surface area contributed by atoms with Crippen molar-refractivity contribution in [2.45, 2.75) is 12.7 Å². The summed E-state index contributed by atoms with van der Waals surface area (Å²) in [5.74, 6) is -0.165. The van der Waals surface area contributed by atoms with Gasteiger partial charge in [0, 0.05) is 31.2 Å². The average Bonchev–Trinajstić information content (AvgIpc) is 3.29. The molecule has 0 saturated carbocycles. The molecule has 3 aromatic heterocycles. The summed E-state index contributed by atoms with van der Waals surface area (Å²) in [6.07, 6.45) is -0.949. The minimum atomic E-state index is -4.58. The molecule has 1 amide bonds. The molecule has 174 valence electrons. The van der Waals surface area contributed by atoms with Gasteiger partial charge in [0.2, 0.25) is 5.88 Å². The maximum Gasteiger partial charge on any atom is 0.417 e. The van der Waals surface area contributed by atoms with Crippen LogP contribution in [-0.4, -0.2) is 20.4 Å². The molecular formula is C23H15ClF4N4O2. The summed E-state index contributed by atoms with van der Waals surface area (Å²) in [4.78, 5) is 20.6. The van der Waals surface area contributed by atoms with Gasteiger partial charge >= 0.3 is 6.18 Å². The number of carbonyl (C=O) groups excluding carboxylic acids is 1. The predicted molar refractivity (Wildman–Crippen MR) is 115 cm³/mol. The zero-order valence-electron chi connectivity index (χ0n) is 17.2. The zero-order valence-corrected chi connectivity index (χ0v) is 17.9. The van der Waals surface area contributed by atoms with Crippen molar-refractivity contribution in [2.24, 2.45) is 0 Å². The highest BCUT2D eigenvalue weighted by Gasteiger charge is 2.32. The number of aromatic nitrogens is 3. The van der Waals surface area contributed by atoms with Gasteiger partial charge in [0.1, 0.15) is 17.3 Å². The van der Waals surface area contributed by atoms with E-state index in [9.17, 15) is 22.4 Å². The van der Waals surface area contributed by atoms with Crippen molar-refractivity contribution >= 4 is 17.5 Å². The highest BCUT2D eigenvalue weighted by atomic mass is 35.5. The summed E-state index contributed by atoms with van der Waals surface area (Å²) in [7, 11) is 0. The van der Waals surface area contributed by atoms with E-state index < -0.39 is 17.6 Å². The lowest BCUT2D eigenvalue weighted by Gasteiger charge is -2.13. The van der Waals surface area contributed by atoms with Crippen LogP contribution in [0.4, 0.5) is 17.6 Å². The lowest BCUT2D eigenvalue weighted by Crippen LogP contribution is -2.25. The molecule has 0 aliphatic rings. The van der Waals surface area contributed by atoms with Crippen LogP contribution in [0, 0.1) is 5.82 Å². The fourth-order valence-corrected chi connectivity index (χ4v) is 3.24. The molecule has 11 heteroatoms. The number of hydrogen-bond donors (Lipinski definition) is 1. The van der Waals surface area contributed by atoms with Crippen molar-refractivity contribution in [1.29, 1.82) is 0 Å². The Morgan fingerprint density at radius 1 is 1.06 bits per heavy atom. The number of alkyl halides is 3. The van der Waals surface area contributed by atoms with E-state index in [0.717, 1.165) is 6.07 Å². The highest BCUT2D eigenvalue weighted by molar-refractivity contribution is 6.32. The Hall–Kier alpha value is -3.92. The number of nitrogens with one attached hydrogen (secondary N) is 1. The van der Waals surface area contributed by atoms with Crippen LogP contribution in [0.5, 0.6) is 11.6 Å². The topological polar surface area (TPSA) is 69.0 Å². The number of benzene rings is 1. The molecule has 0 radical (unpaired) electrons. The maximum absolute atomic E-state index is 13.0. The molecule has 1 aromatic carbocycles. The molecule has 0 saturated heterocycles. The van der Waals surface area contributed by atoms with Crippen LogP contribution in [0.25, 0.3) is 5.82 Å². The van der Waals surface area contributed by atoms with Crippen molar-refractivity contribution in [2.75, 3.05) is 0 Å². The number of hydrogen-bond acceptors (Lipinski definition) is 4. The SMILES string of the molecule is O=C(NCc1ccc(Oc2ccc(F)cc2)nc1)c1cccn1-c1ncc(C(F)(F)F)cc1Cl. The van der Waals surface area contributed by atoms with E-state index in [1.165, 1.54) is 47.3 Å². The Morgan fingerprint density at radius 2 is 1.82 bits per heavy atom. The number of nitrogens with zero attached hydrogens (tertiary/aromatic N) is 3. The highest BCUT2D eigenvalue weighted by Crippen LogP contribution is 2.32. The van der Waals surface area contributed by atoms with E-state index >= 15 is 0 Å². The quantitative estimate of drug-likeness (QED) is 0.347. The number of ether oxygens (including phenoxy) is 1. The van der Waals surface area contributed by atoms with Crippen molar-refractivity contribution in [3.8, 4) is 17.4 Å². The second kappa shape index (κ2) is 9.52. The van der Waals surface area contributed by atoms with E-state index in [4.69, 9.17) is 16.3 Å².